The highest BCUT2D eigenvalue weighted by molar-refractivity contribution is 5.88. The molecule has 0 aromatic heterocycles. The molecular formula is C15H22O4. The van der Waals surface area contributed by atoms with Gasteiger partial charge in [-0.05, 0) is 48.5 Å². The average Bonchev–Trinajstić information content (AvgIpc) is 2.79. The summed E-state index contributed by atoms with van der Waals surface area (Å²) in [6, 6.07) is 0. The second kappa shape index (κ2) is 3.83. The van der Waals surface area contributed by atoms with Crippen molar-refractivity contribution in [3.8, 4) is 0 Å². The third-order valence-electron chi connectivity index (χ3n) is 6.30. The second-order valence-corrected chi connectivity index (χ2v) is 7.07. The van der Waals surface area contributed by atoms with Crippen molar-refractivity contribution in [2.45, 2.75) is 39.2 Å². The van der Waals surface area contributed by atoms with Gasteiger partial charge in [-0.2, -0.15) is 0 Å². The van der Waals surface area contributed by atoms with Crippen molar-refractivity contribution in [3.63, 3.8) is 0 Å². The molecule has 1 spiro atoms. The summed E-state index contributed by atoms with van der Waals surface area (Å²) in [6.45, 7) is 4.34. The molecule has 4 nitrogen and oxygen atoms in total. The molecule has 106 valence electrons. The fourth-order valence-corrected chi connectivity index (χ4v) is 5.42. The molecule has 2 saturated carbocycles. The smallest absolute Gasteiger partial charge is 0.331 e. The highest BCUT2D eigenvalue weighted by Gasteiger charge is 2.68. The Bertz CT molecular complexity index is 453. The molecule has 19 heavy (non-hydrogen) atoms. The first kappa shape index (κ1) is 13.1. The summed E-state index contributed by atoms with van der Waals surface area (Å²) in [5.41, 5.74) is -0.0535. The van der Waals surface area contributed by atoms with Crippen LogP contribution in [-0.2, 0) is 4.79 Å². The highest BCUT2D eigenvalue weighted by atomic mass is 16.4. The minimum absolute atomic E-state index is 0.00671. The van der Waals surface area contributed by atoms with Crippen LogP contribution in [0.4, 0.5) is 0 Å². The quantitative estimate of drug-likeness (QED) is 0.706. The van der Waals surface area contributed by atoms with Crippen molar-refractivity contribution in [2.24, 2.45) is 28.6 Å². The number of carbonyl (C=O) groups is 1. The number of aliphatic carboxylic acids is 1. The number of aliphatic hydroxyl groups is 2. The van der Waals surface area contributed by atoms with Crippen LogP contribution in [0.3, 0.4) is 0 Å². The Balaban J connectivity index is 2.13. The van der Waals surface area contributed by atoms with E-state index < -0.39 is 12.1 Å². The van der Waals surface area contributed by atoms with E-state index in [1.807, 2.05) is 0 Å². The molecule has 3 rings (SSSR count). The minimum Gasteiger partial charge on any atom is -0.478 e. The molecule has 0 amide bonds. The van der Waals surface area contributed by atoms with Crippen molar-refractivity contribution < 1.29 is 20.1 Å². The fraction of sp³-hybridized carbons (Fsp3) is 0.800. The van der Waals surface area contributed by atoms with Crippen LogP contribution in [0.2, 0.25) is 0 Å². The molecule has 5 atom stereocenters. The Morgan fingerprint density at radius 2 is 2.11 bits per heavy atom. The molecule has 0 aromatic carbocycles. The Hall–Kier alpha value is -0.870. The van der Waals surface area contributed by atoms with Gasteiger partial charge in [0, 0.05) is 17.6 Å². The van der Waals surface area contributed by atoms with Crippen LogP contribution in [-0.4, -0.2) is 34.0 Å². The number of carboxylic acid groups (broad SMARTS) is 1. The van der Waals surface area contributed by atoms with Crippen molar-refractivity contribution in [2.75, 3.05) is 6.61 Å². The summed E-state index contributed by atoms with van der Waals surface area (Å²) in [5, 5.41) is 29.6. The maximum absolute atomic E-state index is 11.4. The molecule has 3 aliphatic carbocycles. The fourth-order valence-electron chi connectivity index (χ4n) is 5.42. The predicted molar refractivity (Wildman–Crippen MR) is 69.3 cm³/mol. The lowest BCUT2D eigenvalue weighted by atomic mass is 9.66. The van der Waals surface area contributed by atoms with E-state index in [-0.39, 0.29) is 29.3 Å². The van der Waals surface area contributed by atoms with Gasteiger partial charge in [-0.3, -0.25) is 0 Å². The molecule has 0 aromatic rings. The van der Waals surface area contributed by atoms with Gasteiger partial charge in [0.15, 0.2) is 0 Å². The van der Waals surface area contributed by atoms with E-state index in [9.17, 15) is 20.1 Å². The van der Waals surface area contributed by atoms with Crippen LogP contribution in [0.1, 0.15) is 33.1 Å². The minimum atomic E-state index is -0.910. The Labute approximate surface area is 113 Å². The molecular weight excluding hydrogens is 244 g/mol. The number of rotatable bonds is 2. The summed E-state index contributed by atoms with van der Waals surface area (Å²) in [7, 11) is 0. The largest absolute Gasteiger partial charge is 0.478 e. The summed E-state index contributed by atoms with van der Waals surface area (Å²) >= 11 is 0. The van der Waals surface area contributed by atoms with E-state index in [0.717, 1.165) is 12.8 Å². The first-order valence-corrected chi connectivity index (χ1v) is 7.09. The monoisotopic (exact) mass is 266 g/mol. The van der Waals surface area contributed by atoms with Crippen molar-refractivity contribution in [3.05, 3.63) is 11.6 Å². The third kappa shape index (κ3) is 1.39. The molecule has 0 heterocycles. The number of carboxylic acids is 1. The molecule has 2 fully saturated rings. The van der Waals surface area contributed by atoms with E-state index in [1.165, 1.54) is 0 Å². The Morgan fingerprint density at radius 3 is 2.68 bits per heavy atom. The topological polar surface area (TPSA) is 77.8 Å². The zero-order chi connectivity index (χ0) is 14.0. The lowest BCUT2D eigenvalue weighted by Crippen LogP contribution is -2.43. The standard InChI is InChI=1S/C15H22O4/c1-14(2)10-6-15(8(7-16)3-4-11(14)15)12(17)5-9(10)13(18)19/h5,8,10-12,16-17H,3-4,6-7H2,1-2H3,(H,18,19)/t8?,10?,11-,12-,15?/m0/s1. The maximum Gasteiger partial charge on any atom is 0.331 e. The summed E-state index contributed by atoms with van der Waals surface area (Å²) in [5.74, 6) is -0.520. The maximum atomic E-state index is 11.4. The van der Waals surface area contributed by atoms with Crippen LogP contribution in [0, 0.1) is 28.6 Å². The molecule has 3 N–H and O–H groups in total. The van der Waals surface area contributed by atoms with Gasteiger partial charge < -0.3 is 15.3 Å². The molecule has 4 heteroatoms. The van der Waals surface area contributed by atoms with E-state index in [2.05, 4.69) is 13.8 Å². The molecule has 3 aliphatic rings. The van der Waals surface area contributed by atoms with Gasteiger partial charge in [-0.1, -0.05) is 13.8 Å². The summed E-state index contributed by atoms with van der Waals surface area (Å²) < 4.78 is 0. The number of hydrogen-bond donors (Lipinski definition) is 3. The van der Waals surface area contributed by atoms with Crippen LogP contribution in [0.25, 0.3) is 0 Å². The lowest BCUT2D eigenvalue weighted by molar-refractivity contribution is -0.134. The van der Waals surface area contributed by atoms with Gasteiger partial charge in [0.1, 0.15) is 0 Å². The molecule has 0 saturated heterocycles. The van der Waals surface area contributed by atoms with E-state index >= 15 is 0 Å². The number of hydrogen-bond acceptors (Lipinski definition) is 3. The Kier molecular flexibility index (Phi) is 2.64. The van der Waals surface area contributed by atoms with Crippen molar-refractivity contribution in [1.29, 1.82) is 0 Å². The predicted octanol–water partition coefficient (Wildman–Crippen LogP) is 1.42. The average molecular weight is 266 g/mol. The number of fused-ring (bicyclic) bond motifs is 1. The van der Waals surface area contributed by atoms with Crippen LogP contribution < -0.4 is 0 Å². The van der Waals surface area contributed by atoms with Crippen molar-refractivity contribution in [1.82, 2.24) is 0 Å². The number of aliphatic hydroxyl groups excluding tert-OH is 2. The zero-order valence-corrected chi connectivity index (χ0v) is 11.5. The Morgan fingerprint density at radius 1 is 1.42 bits per heavy atom. The first-order chi connectivity index (χ1) is 8.85. The molecule has 3 unspecified atom stereocenters. The van der Waals surface area contributed by atoms with Gasteiger partial charge in [0.05, 0.1) is 6.10 Å². The lowest BCUT2D eigenvalue weighted by Gasteiger charge is -2.41. The molecule has 0 radical (unpaired) electrons. The zero-order valence-electron chi connectivity index (χ0n) is 11.5. The first-order valence-electron chi connectivity index (χ1n) is 7.09. The van der Waals surface area contributed by atoms with Crippen LogP contribution in [0.5, 0.6) is 0 Å². The van der Waals surface area contributed by atoms with Crippen LogP contribution in [0.15, 0.2) is 11.6 Å². The third-order valence-corrected chi connectivity index (χ3v) is 6.30. The van der Waals surface area contributed by atoms with E-state index in [1.54, 1.807) is 6.08 Å². The van der Waals surface area contributed by atoms with E-state index in [0.29, 0.717) is 17.9 Å². The van der Waals surface area contributed by atoms with Crippen LogP contribution >= 0.6 is 0 Å². The van der Waals surface area contributed by atoms with Gasteiger partial charge in [0.25, 0.3) is 0 Å². The summed E-state index contributed by atoms with van der Waals surface area (Å²) in [4.78, 5) is 11.4. The summed E-state index contributed by atoms with van der Waals surface area (Å²) in [6.07, 6.45) is 3.43. The van der Waals surface area contributed by atoms with E-state index in [4.69, 9.17) is 0 Å². The normalized spacial score (nSPS) is 46.8. The van der Waals surface area contributed by atoms with Gasteiger partial charge >= 0.3 is 5.97 Å². The highest BCUT2D eigenvalue weighted by Crippen LogP contribution is 2.71. The van der Waals surface area contributed by atoms with Gasteiger partial charge in [-0.25, -0.2) is 4.79 Å². The molecule has 0 aliphatic heterocycles. The SMILES string of the molecule is CC1(C)C2CC3(C(CO)CC[C@@H]13)[C@@H](O)C=C2C(=O)O. The molecule has 2 bridgehead atoms. The second-order valence-electron chi connectivity index (χ2n) is 7.07. The van der Waals surface area contributed by atoms with Gasteiger partial charge in [-0.15, -0.1) is 0 Å². The van der Waals surface area contributed by atoms with Gasteiger partial charge in [0.2, 0.25) is 0 Å². The van der Waals surface area contributed by atoms with Crippen molar-refractivity contribution >= 4 is 5.97 Å².